The van der Waals surface area contributed by atoms with Crippen molar-refractivity contribution in [3.05, 3.63) is 48.0 Å². The summed E-state index contributed by atoms with van der Waals surface area (Å²) in [5.41, 5.74) is 6.56. The monoisotopic (exact) mass is 273 g/mol. The lowest BCUT2D eigenvalue weighted by Crippen LogP contribution is -2.08. The maximum Gasteiger partial charge on any atom is 0.338 e. The van der Waals surface area contributed by atoms with Gasteiger partial charge in [0.25, 0.3) is 0 Å². The predicted molar refractivity (Wildman–Crippen MR) is 73.2 cm³/mol. The second-order valence-electron chi connectivity index (χ2n) is 3.93. The van der Waals surface area contributed by atoms with Gasteiger partial charge < -0.3 is 15.2 Å². The third-order valence-electron chi connectivity index (χ3n) is 2.50. The van der Waals surface area contributed by atoms with Gasteiger partial charge in [-0.25, -0.2) is 14.8 Å². The fourth-order valence-corrected chi connectivity index (χ4v) is 1.58. The molecular weight excluding hydrogens is 258 g/mol. The number of ether oxygens (including phenoxy) is 2. The van der Waals surface area contributed by atoms with Gasteiger partial charge in [-0.05, 0) is 31.2 Å². The molecule has 2 aromatic rings. The number of anilines is 1. The first kappa shape index (κ1) is 13.8. The summed E-state index contributed by atoms with van der Waals surface area (Å²) < 4.78 is 10.4. The van der Waals surface area contributed by atoms with Crippen LogP contribution in [0.1, 0.15) is 23.1 Å². The van der Waals surface area contributed by atoms with Gasteiger partial charge in [-0.1, -0.05) is 0 Å². The fraction of sp³-hybridized carbons (Fsp3) is 0.214. The zero-order valence-corrected chi connectivity index (χ0v) is 11.1. The van der Waals surface area contributed by atoms with E-state index < -0.39 is 5.97 Å². The average Bonchev–Trinajstić information content (AvgIpc) is 2.48. The van der Waals surface area contributed by atoms with Crippen LogP contribution in [0.25, 0.3) is 0 Å². The molecule has 20 heavy (non-hydrogen) atoms. The Labute approximate surface area is 116 Å². The van der Waals surface area contributed by atoms with Crippen LogP contribution in [0.2, 0.25) is 0 Å². The summed E-state index contributed by atoms with van der Waals surface area (Å²) in [5, 5.41) is 0. The Balaban J connectivity index is 2.00. The predicted octanol–water partition coefficient (Wildman–Crippen LogP) is 1.81. The van der Waals surface area contributed by atoms with Gasteiger partial charge in [-0.2, -0.15) is 0 Å². The molecular formula is C14H15N3O3. The second-order valence-corrected chi connectivity index (χ2v) is 3.93. The standard InChI is InChI=1S/C14H15N3O3/c1-2-19-12-5-4-10(8-11(12)15)14(18)20-9-13-16-6-3-7-17-13/h3-8H,2,9,15H2,1H3. The van der Waals surface area contributed by atoms with Crippen molar-refractivity contribution in [2.24, 2.45) is 0 Å². The summed E-state index contributed by atoms with van der Waals surface area (Å²) in [7, 11) is 0. The van der Waals surface area contributed by atoms with E-state index in [4.69, 9.17) is 15.2 Å². The minimum atomic E-state index is -0.479. The van der Waals surface area contributed by atoms with Gasteiger partial charge in [-0.15, -0.1) is 0 Å². The van der Waals surface area contributed by atoms with E-state index in [0.29, 0.717) is 29.4 Å². The lowest BCUT2D eigenvalue weighted by atomic mass is 10.2. The first-order chi connectivity index (χ1) is 9.70. The van der Waals surface area contributed by atoms with Crippen LogP contribution in [0, 0.1) is 0 Å². The third kappa shape index (κ3) is 3.44. The number of esters is 1. The van der Waals surface area contributed by atoms with Gasteiger partial charge >= 0.3 is 5.97 Å². The molecule has 6 heteroatoms. The largest absolute Gasteiger partial charge is 0.492 e. The molecule has 6 nitrogen and oxygen atoms in total. The summed E-state index contributed by atoms with van der Waals surface area (Å²) in [6.45, 7) is 2.40. The van der Waals surface area contributed by atoms with E-state index in [1.165, 1.54) is 6.07 Å². The number of nitrogen functional groups attached to an aromatic ring is 1. The number of aromatic nitrogens is 2. The third-order valence-corrected chi connectivity index (χ3v) is 2.50. The Kier molecular flexibility index (Phi) is 4.49. The van der Waals surface area contributed by atoms with Crippen LogP contribution >= 0.6 is 0 Å². The van der Waals surface area contributed by atoms with E-state index in [2.05, 4.69) is 9.97 Å². The van der Waals surface area contributed by atoms with Crippen molar-refractivity contribution in [2.45, 2.75) is 13.5 Å². The zero-order chi connectivity index (χ0) is 14.4. The van der Waals surface area contributed by atoms with Crippen LogP contribution in [0.5, 0.6) is 5.75 Å². The highest BCUT2D eigenvalue weighted by molar-refractivity contribution is 5.91. The number of hydrogen-bond donors (Lipinski definition) is 1. The molecule has 0 spiro atoms. The number of rotatable bonds is 5. The molecule has 0 saturated heterocycles. The molecule has 0 fully saturated rings. The summed E-state index contributed by atoms with van der Waals surface area (Å²) in [6, 6.07) is 6.47. The van der Waals surface area contributed by atoms with E-state index in [9.17, 15) is 4.79 Å². The molecule has 1 heterocycles. The van der Waals surface area contributed by atoms with Gasteiger partial charge in [0, 0.05) is 12.4 Å². The molecule has 1 aromatic heterocycles. The van der Waals surface area contributed by atoms with Crippen LogP contribution < -0.4 is 10.5 Å². The van der Waals surface area contributed by atoms with E-state index in [-0.39, 0.29) is 6.61 Å². The fourth-order valence-electron chi connectivity index (χ4n) is 1.58. The zero-order valence-electron chi connectivity index (χ0n) is 11.1. The van der Waals surface area contributed by atoms with Gasteiger partial charge in [0.2, 0.25) is 0 Å². The molecule has 2 N–H and O–H groups in total. The second kappa shape index (κ2) is 6.51. The topological polar surface area (TPSA) is 87.3 Å². The maximum absolute atomic E-state index is 11.9. The van der Waals surface area contributed by atoms with Crippen LogP contribution in [0.3, 0.4) is 0 Å². The van der Waals surface area contributed by atoms with Crippen molar-refractivity contribution < 1.29 is 14.3 Å². The molecule has 0 amide bonds. The number of nitrogens with zero attached hydrogens (tertiary/aromatic N) is 2. The van der Waals surface area contributed by atoms with Gasteiger partial charge in [0.15, 0.2) is 12.4 Å². The Morgan fingerprint density at radius 3 is 2.70 bits per heavy atom. The Morgan fingerprint density at radius 1 is 1.30 bits per heavy atom. The number of benzene rings is 1. The minimum absolute atomic E-state index is 0.0206. The SMILES string of the molecule is CCOc1ccc(C(=O)OCc2ncccn2)cc1N. The molecule has 0 unspecified atom stereocenters. The van der Waals surface area contributed by atoms with E-state index in [1.54, 1.807) is 30.6 Å². The lowest BCUT2D eigenvalue weighted by molar-refractivity contribution is 0.0462. The summed E-state index contributed by atoms with van der Waals surface area (Å²) in [6.07, 6.45) is 3.18. The van der Waals surface area contributed by atoms with Crippen molar-refractivity contribution in [2.75, 3.05) is 12.3 Å². The minimum Gasteiger partial charge on any atom is -0.492 e. The van der Waals surface area contributed by atoms with E-state index in [0.717, 1.165) is 0 Å². The van der Waals surface area contributed by atoms with Gasteiger partial charge in [0.1, 0.15) is 5.75 Å². The molecule has 2 rings (SSSR count). The van der Waals surface area contributed by atoms with Crippen LogP contribution in [0.15, 0.2) is 36.7 Å². The number of carbonyl (C=O) groups excluding carboxylic acids is 1. The molecule has 0 aliphatic heterocycles. The molecule has 0 radical (unpaired) electrons. The number of nitrogens with two attached hydrogens (primary N) is 1. The van der Waals surface area contributed by atoms with Gasteiger partial charge in [0.05, 0.1) is 17.9 Å². The molecule has 0 atom stereocenters. The normalized spacial score (nSPS) is 10.1. The molecule has 104 valence electrons. The lowest BCUT2D eigenvalue weighted by Gasteiger charge is -2.08. The Morgan fingerprint density at radius 2 is 2.05 bits per heavy atom. The molecule has 1 aromatic carbocycles. The van der Waals surface area contributed by atoms with Crippen LogP contribution in [-0.4, -0.2) is 22.5 Å². The molecule has 0 aliphatic carbocycles. The average molecular weight is 273 g/mol. The summed E-state index contributed by atoms with van der Waals surface area (Å²) in [4.78, 5) is 19.8. The molecule has 0 aliphatic rings. The van der Waals surface area contributed by atoms with Crippen LogP contribution in [-0.2, 0) is 11.3 Å². The van der Waals surface area contributed by atoms with Crippen molar-refractivity contribution in [3.63, 3.8) is 0 Å². The number of carbonyl (C=O) groups is 1. The van der Waals surface area contributed by atoms with Gasteiger partial charge in [-0.3, -0.25) is 0 Å². The van der Waals surface area contributed by atoms with E-state index in [1.807, 2.05) is 6.92 Å². The van der Waals surface area contributed by atoms with Crippen molar-refractivity contribution in [1.29, 1.82) is 0 Å². The number of hydrogen-bond acceptors (Lipinski definition) is 6. The highest BCUT2D eigenvalue weighted by atomic mass is 16.5. The summed E-state index contributed by atoms with van der Waals surface area (Å²) in [5.74, 6) is 0.516. The van der Waals surface area contributed by atoms with Crippen molar-refractivity contribution >= 4 is 11.7 Å². The van der Waals surface area contributed by atoms with Crippen LogP contribution in [0.4, 0.5) is 5.69 Å². The van der Waals surface area contributed by atoms with E-state index >= 15 is 0 Å². The first-order valence-corrected chi connectivity index (χ1v) is 6.16. The highest BCUT2D eigenvalue weighted by Crippen LogP contribution is 2.22. The van der Waals surface area contributed by atoms with Crippen molar-refractivity contribution in [1.82, 2.24) is 9.97 Å². The Hall–Kier alpha value is -2.63. The first-order valence-electron chi connectivity index (χ1n) is 6.16. The summed E-state index contributed by atoms with van der Waals surface area (Å²) >= 11 is 0. The quantitative estimate of drug-likeness (QED) is 0.660. The van der Waals surface area contributed by atoms with Crippen molar-refractivity contribution in [3.8, 4) is 5.75 Å². The Bertz CT molecular complexity index is 587. The molecule has 0 saturated carbocycles. The highest BCUT2D eigenvalue weighted by Gasteiger charge is 2.10. The molecule has 0 bridgehead atoms. The maximum atomic E-state index is 11.9. The smallest absolute Gasteiger partial charge is 0.338 e.